The Balaban J connectivity index is 1.82. The fraction of sp³-hybridized carbons (Fsp3) is 0.231. The average molecular weight is 286 g/mol. The third-order valence-corrected chi connectivity index (χ3v) is 3.29. The van der Waals surface area contributed by atoms with Crippen molar-refractivity contribution in [2.24, 2.45) is 0 Å². The van der Waals surface area contributed by atoms with E-state index in [0.717, 1.165) is 15.9 Å². The van der Waals surface area contributed by atoms with E-state index in [-0.39, 0.29) is 18.1 Å². The van der Waals surface area contributed by atoms with Gasteiger partial charge in [-0.05, 0) is 26.0 Å². The lowest BCUT2D eigenvalue weighted by molar-refractivity contribution is -0.117. The van der Waals surface area contributed by atoms with Crippen LogP contribution < -0.4 is 11.0 Å². The summed E-state index contributed by atoms with van der Waals surface area (Å²) in [7, 11) is 0. The SMILES string of the molecule is Cc1[nH]nc(NC(=O)Cn2nc3ccccn3c2=O)c1C. The van der Waals surface area contributed by atoms with E-state index in [1.807, 2.05) is 13.8 Å². The van der Waals surface area contributed by atoms with E-state index in [1.54, 1.807) is 24.4 Å². The molecule has 0 bridgehead atoms. The Bertz CT molecular complexity index is 872. The minimum Gasteiger partial charge on any atom is -0.307 e. The molecule has 3 aromatic heterocycles. The van der Waals surface area contributed by atoms with E-state index >= 15 is 0 Å². The average Bonchev–Trinajstić information content (AvgIpc) is 2.94. The van der Waals surface area contributed by atoms with Crippen LogP contribution in [0.2, 0.25) is 0 Å². The van der Waals surface area contributed by atoms with Gasteiger partial charge in [0, 0.05) is 17.5 Å². The molecule has 0 fully saturated rings. The second kappa shape index (κ2) is 4.89. The van der Waals surface area contributed by atoms with Crippen molar-refractivity contribution >= 4 is 17.4 Å². The molecule has 8 heteroatoms. The van der Waals surface area contributed by atoms with Crippen LogP contribution in [0, 0.1) is 13.8 Å². The third-order valence-electron chi connectivity index (χ3n) is 3.29. The summed E-state index contributed by atoms with van der Waals surface area (Å²) in [5.41, 5.74) is 1.90. The Morgan fingerprint density at radius 2 is 2.19 bits per heavy atom. The number of H-pyrrole nitrogens is 1. The maximum Gasteiger partial charge on any atom is 0.350 e. The van der Waals surface area contributed by atoms with E-state index in [9.17, 15) is 9.59 Å². The van der Waals surface area contributed by atoms with E-state index in [4.69, 9.17) is 0 Å². The standard InChI is InChI=1S/C13H14N6O2/c1-8-9(2)15-16-12(8)14-11(20)7-19-13(21)18-6-4-3-5-10(18)17-19/h3-6H,7H2,1-2H3,(H2,14,15,16,20). The summed E-state index contributed by atoms with van der Waals surface area (Å²) in [5, 5.41) is 13.5. The minimum atomic E-state index is -0.352. The van der Waals surface area contributed by atoms with Crippen molar-refractivity contribution in [2.75, 3.05) is 5.32 Å². The summed E-state index contributed by atoms with van der Waals surface area (Å²) in [6.45, 7) is 3.56. The highest BCUT2D eigenvalue weighted by Crippen LogP contribution is 2.13. The first-order valence-corrected chi connectivity index (χ1v) is 6.42. The van der Waals surface area contributed by atoms with Crippen LogP contribution in [0.15, 0.2) is 29.2 Å². The smallest absolute Gasteiger partial charge is 0.307 e. The third kappa shape index (κ3) is 2.31. The number of carbonyl (C=O) groups is 1. The molecule has 3 rings (SSSR count). The molecule has 0 unspecified atom stereocenters. The summed E-state index contributed by atoms with van der Waals surface area (Å²) in [6, 6.07) is 5.22. The van der Waals surface area contributed by atoms with Crippen LogP contribution in [0.5, 0.6) is 0 Å². The molecule has 0 radical (unpaired) electrons. The normalized spacial score (nSPS) is 11.0. The minimum absolute atomic E-state index is 0.161. The van der Waals surface area contributed by atoms with Gasteiger partial charge >= 0.3 is 5.69 Å². The number of carbonyl (C=O) groups excluding carboxylic acids is 1. The van der Waals surface area contributed by atoms with Crippen LogP contribution in [0.25, 0.3) is 5.65 Å². The summed E-state index contributed by atoms with van der Waals surface area (Å²) < 4.78 is 2.51. The number of hydrogen-bond acceptors (Lipinski definition) is 4. The first kappa shape index (κ1) is 13.1. The zero-order valence-electron chi connectivity index (χ0n) is 11.6. The number of fused-ring (bicyclic) bond motifs is 1. The number of nitrogens with zero attached hydrogens (tertiary/aromatic N) is 4. The Kier molecular flexibility index (Phi) is 3.05. The molecular formula is C13H14N6O2. The molecule has 3 heterocycles. The molecule has 108 valence electrons. The van der Waals surface area contributed by atoms with E-state index < -0.39 is 0 Å². The van der Waals surface area contributed by atoms with Crippen LogP contribution in [0.4, 0.5) is 5.82 Å². The Hall–Kier alpha value is -2.90. The van der Waals surface area contributed by atoms with Gasteiger partial charge in [0.15, 0.2) is 11.5 Å². The number of aromatic nitrogens is 5. The van der Waals surface area contributed by atoms with Gasteiger partial charge < -0.3 is 5.32 Å². The van der Waals surface area contributed by atoms with Crippen molar-refractivity contribution in [1.82, 2.24) is 24.4 Å². The fourth-order valence-electron chi connectivity index (χ4n) is 1.99. The number of rotatable bonds is 3. The summed E-state index contributed by atoms with van der Waals surface area (Å²) in [6.07, 6.45) is 1.61. The molecule has 0 atom stereocenters. The number of hydrogen-bond donors (Lipinski definition) is 2. The number of aromatic amines is 1. The van der Waals surface area contributed by atoms with Crippen molar-refractivity contribution in [3.05, 3.63) is 46.1 Å². The molecule has 2 N–H and O–H groups in total. The molecule has 0 saturated carbocycles. The van der Waals surface area contributed by atoms with Crippen molar-refractivity contribution in [2.45, 2.75) is 20.4 Å². The van der Waals surface area contributed by atoms with Gasteiger partial charge in [0.1, 0.15) is 6.54 Å². The quantitative estimate of drug-likeness (QED) is 0.731. The Labute approximate surface area is 119 Å². The van der Waals surface area contributed by atoms with E-state index in [1.165, 1.54) is 4.40 Å². The van der Waals surface area contributed by atoms with Gasteiger partial charge in [0.05, 0.1) is 0 Å². The Morgan fingerprint density at radius 1 is 1.38 bits per heavy atom. The lowest BCUT2D eigenvalue weighted by atomic mass is 10.3. The molecule has 3 aromatic rings. The van der Waals surface area contributed by atoms with Crippen LogP contribution in [-0.2, 0) is 11.3 Å². The molecule has 21 heavy (non-hydrogen) atoms. The van der Waals surface area contributed by atoms with Crippen LogP contribution in [0.1, 0.15) is 11.3 Å². The predicted molar refractivity (Wildman–Crippen MR) is 76.1 cm³/mol. The van der Waals surface area contributed by atoms with Crippen molar-refractivity contribution in [3.63, 3.8) is 0 Å². The molecule has 0 spiro atoms. The summed E-state index contributed by atoms with van der Waals surface area (Å²) in [4.78, 5) is 24.0. The number of anilines is 1. The molecule has 0 saturated heterocycles. The van der Waals surface area contributed by atoms with E-state index in [2.05, 4.69) is 20.6 Å². The topological polar surface area (TPSA) is 97.1 Å². The predicted octanol–water partition coefficient (Wildman–Crippen LogP) is 0.475. The monoisotopic (exact) mass is 286 g/mol. The fourth-order valence-corrected chi connectivity index (χ4v) is 1.99. The number of nitrogens with one attached hydrogen (secondary N) is 2. The summed E-state index contributed by atoms with van der Waals surface area (Å²) in [5.74, 6) is 0.115. The maximum absolute atomic E-state index is 12.0. The van der Waals surface area contributed by atoms with E-state index in [0.29, 0.717) is 11.5 Å². The van der Waals surface area contributed by atoms with Crippen LogP contribution in [0.3, 0.4) is 0 Å². The first-order valence-electron chi connectivity index (χ1n) is 6.42. The molecule has 8 nitrogen and oxygen atoms in total. The van der Waals surface area contributed by atoms with Gasteiger partial charge in [-0.3, -0.25) is 14.3 Å². The molecule has 0 aliphatic rings. The highest BCUT2D eigenvalue weighted by atomic mass is 16.2. The Morgan fingerprint density at radius 3 is 2.86 bits per heavy atom. The molecule has 0 aromatic carbocycles. The second-order valence-electron chi connectivity index (χ2n) is 4.74. The van der Waals surface area contributed by atoms with Gasteiger partial charge in [0.2, 0.25) is 5.91 Å². The molecule has 0 aliphatic carbocycles. The number of amides is 1. The first-order chi connectivity index (χ1) is 10.1. The second-order valence-corrected chi connectivity index (χ2v) is 4.74. The zero-order valence-corrected chi connectivity index (χ0v) is 11.6. The highest BCUT2D eigenvalue weighted by Gasteiger charge is 2.13. The van der Waals surface area contributed by atoms with Crippen molar-refractivity contribution in [3.8, 4) is 0 Å². The van der Waals surface area contributed by atoms with Crippen molar-refractivity contribution < 1.29 is 4.79 Å². The van der Waals surface area contributed by atoms with Gasteiger partial charge in [-0.1, -0.05) is 6.07 Å². The van der Waals surface area contributed by atoms with Crippen molar-refractivity contribution in [1.29, 1.82) is 0 Å². The largest absolute Gasteiger partial charge is 0.350 e. The number of pyridine rings is 1. The van der Waals surface area contributed by atoms with Gasteiger partial charge in [-0.25, -0.2) is 9.48 Å². The van der Waals surface area contributed by atoms with Gasteiger partial charge in [-0.15, -0.1) is 5.10 Å². The van der Waals surface area contributed by atoms with Crippen LogP contribution in [-0.4, -0.2) is 30.3 Å². The maximum atomic E-state index is 12.0. The highest BCUT2D eigenvalue weighted by molar-refractivity contribution is 5.90. The van der Waals surface area contributed by atoms with Gasteiger partial charge in [0.25, 0.3) is 0 Å². The summed E-state index contributed by atoms with van der Waals surface area (Å²) >= 11 is 0. The molecule has 0 aliphatic heterocycles. The van der Waals surface area contributed by atoms with Crippen LogP contribution >= 0.6 is 0 Å². The number of aryl methyl sites for hydroxylation is 1. The lowest BCUT2D eigenvalue weighted by Gasteiger charge is -2.02. The molecule has 1 amide bonds. The van der Waals surface area contributed by atoms with Gasteiger partial charge in [-0.2, -0.15) is 5.10 Å². The lowest BCUT2D eigenvalue weighted by Crippen LogP contribution is -2.28. The zero-order chi connectivity index (χ0) is 15.0. The molecular weight excluding hydrogens is 272 g/mol.